The molecule has 0 unspecified atom stereocenters. The Morgan fingerprint density at radius 2 is 1.96 bits per heavy atom. The number of nitrogens with zero attached hydrogens (tertiary/aromatic N) is 3. The summed E-state index contributed by atoms with van der Waals surface area (Å²) in [5.41, 5.74) is 1.66. The molecule has 1 heterocycles. The second kappa shape index (κ2) is 8.90. The Balaban J connectivity index is 1.64. The van der Waals surface area contributed by atoms with Gasteiger partial charge < -0.3 is 14.6 Å². The van der Waals surface area contributed by atoms with E-state index in [2.05, 4.69) is 20.3 Å². The molecule has 1 amide bonds. The van der Waals surface area contributed by atoms with E-state index in [1.165, 1.54) is 18.9 Å². The van der Waals surface area contributed by atoms with E-state index in [0.717, 1.165) is 5.56 Å². The molecule has 144 valence electrons. The van der Waals surface area contributed by atoms with Crippen molar-refractivity contribution in [2.45, 2.75) is 5.16 Å². The normalized spacial score (nSPS) is 10.5. The van der Waals surface area contributed by atoms with Gasteiger partial charge in [0.05, 0.1) is 23.4 Å². The summed E-state index contributed by atoms with van der Waals surface area (Å²) in [4.78, 5) is 23.8. The molecule has 0 atom stereocenters. The molecule has 7 nitrogen and oxygen atoms in total. The van der Waals surface area contributed by atoms with E-state index in [1.807, 2.05) is 25.2 Å². The van der Waals surface area contributed by atoms with E-state index in [9.17, 15) is 9.59 Å². The Morgan fingerprint density at radius 1 is 1.18 bits per heavy atom. The number of carbonyl (C=O) groups is 2. The van der Waals surface area contributed by atoms with Crippen LogP contribution < -0.4 is 5.32 Å². The van der Waals surface area contributed by atoms with Crippen molar-refractivity contribution in [2.24, 2.45) is 7.05 Å². The van der Waals surface area contributed by atoms with Gasteiger partial charge in [0.2, 0.25) is 5.91 Å². The van der Waals surface area contributed by atoms with Gasteiger partial charge >= 0.3 is 5.97 Å². The molecular formula is C19H17ClN4O3S. The Labute approximate surface area is 171 Å². The van der Waals surface area contributed by atoms with Crippen LogP contribution in [0.1, 0.15) is 10.4 Å². The number of carbonyl (C=O) groups excluding carboxylic acids is 2. The van der Waals surface area contributed by atoms with Crippen molar-refractivity contribution in [3.63, 3.8) is 0 Å². The second-order valence-electron chi connectivity index (χ2n) is 5.75. The van der Waals surface area contributed by atoms with Gasteiger partial charge in [-0.1, -0.05) is 41.6 Å². The largest absolute Gasteiger partial charge is 0.465 e. The van der Waals surface area contributed by atoms with E-state index in [1.54, 1.807) is 34.9 Å². The van der Waals surface area contributed by atoms with Crippen LogP contribution in [0.25, 0.3) is 11.4 Å². The van der Waals surface area contributed by atoms with Crippen molar-refractivity contribution >= 4 is 40.9 Å². The Hall–Kier alpha value is -2.84. The van der Waals surface area contributed by atoms with Gasteiger partial charge in [0.1, 0.15) is 0 Å². The molecule has 2 aromatic carbocycles. The van der Waals surface area contributed by atoms with E-state index in [4.69, 9.17) is 11.6 Å². The molecule has 0 bridgehead atoms. The Kier molecular flexibility index (Phi) is 6.33. The summed E-state index contributed by atoms with van der Waals surface area (Å²) in [6.45, 7) is 0. The Morgan fingerprint density at radius 3 is 2.71 bits per heavy atom. The molecular weight excluding hydrogens is 400 g/mol. The maximum Gasteiger partial charge on any atom is 0.337 e. The van der Waals surface area contributed by atoms with Crippen molar-refractivity contribution in [1.82, 2.24) is 14.8 Å². The Bertz CT molecular complexity index is 1020. The highest BCUT2D eigenvalue weighted by Crippen LogP contribution is 2.28. The zero-order valence-corrected chi connectivity index (χ0v) is 16.8. The molecule has 28 heavy (non-hydrogen) atoms. The number of esters is 1. The van der Waals surface area contributed by atoms with Crippen LogP contribution in [0.4, 0.5) is 5.69 Å². The van der Waals surface area contributed by atoms with E-state index < -0.39 is 5.97 Å². The fourth-order valence-corrected chi connectivity index (χ4v) is 3.42. The zero-order chi connectivity index (χ0) is 20.1. The minimum Gasteiger partial charge on any atom is -0.465 e. The third kappa shape index (κ3) is 4.52. The quantitative estimate of drug-likeness (QED) is 0.487. The molecule has 0 aliphatic carbocycles. The number of anilines is 1. The van der Waals surface area contributed by atoms with Gasteiger partial charge in [-0.05, 0) is 30.3 Å². The molecule has 9 heteroatoms. The van der Waals surface area contributed by atoms with Gasteiger partial charge in [-0.25, -0.2) is 4.79 Å². The fraction of sp³-hybridized carbons (Fsp3) is 0.158. The average molecular weight is 417 g/mol. The van der Waals surface area contributed by atoms with Crippen LogP contribution in [0.2, 0.25) is 5.02 Å². The number of amides is 1. The summed E-state index contributed by atoms with van der Waals surface area (Å²) in [5, 5.41) is 12.2. The molecule has 0 aliphatic rings. The summed E-state index contributed by atoms with van der Waals surface area (Å²) >= 11 is 7.47. The highest BCUT2D eigenvalue weighted by molar-refractivity contribution is 7.99. The molecule has 3 rings (SSSR count). The predicted molar refractivity (Wildman–Crippen MR) is 109 cm³/mol. The molecule has 0 saturated carbocycles. The zero-order valence-electron chi connectivity index (χ0n) is 15.2. The summed E-state index contributed by atoms with van der Waals surface area (Å²) in [7, 11) is 3.13. The topological polar surface area (TPSA) is 86.1 Å². The van der Waals surface area contributed by atoms with Crippen LogP contribution in [0.3, 0.4) is 0 Å². The summed E-state index contributed by atoms with van der Waals surface area (Å²) in [5.74, 6) is 0.0713. The summed E-state index contributed by atoms with van der Waals surface area (Å²) in [6, 6.07) is 13.9. The molecule has 0 aliphatic heterocycles. The molecule has 3 aromatic rings. The van der Waals surface area contributed by atoms with Crippen LogP contribution in [0.15, 0.2) is 53.7 Å². The minimum absolute atomic E-state index is 0.136. The number of methoxy groups -OCH3 is 1. The lowest BCUT2D eigenvalue weighted by molar-refractivity contribution is -0.113. The third-order valence-electron chi connectivity index (χ3n) is 3.85. The number of halogens is 1. The highest BCUT2D eigenvalue weighted by atomic mass is 35.5. The third-order valence-corrected chi connectivity index (χ3v) is 5.20. The number of nitrogens with one attached hydrogen (secondary N) is 1. The van der Waals surface area contributed by atoms with Gasteiger partial charge in [-0.15, -0.1) is 10.2 Å². The maximum absolute atomic E-state index is 12.3. The SMILES string of the molecule is COC(=O)c1cccc(NC(=O)CSc2nnc(-c3ccccc3Cl)n2C)c1. The number of benzene rings is 2. The van der Waals surface area contributed by atoms with E-state index in [-0.39, 0.29) is 11.7 Å². The standard InChI is InChI=1S/C19H17ClN4O3S/c1-24-17(14-8-3-4-9-15(14)20)22-23-19(24)28-11-16(25)21-13-7-5-6-12(10-13)18(26)27-2/h3-10H,11H2,1-2H3,(H,21,25). The van der Waals surface area contributed by atoms with Crippen LogP contribution in [0, 0.1) is 0 Å². The first-order valence-electron chi connectivity index (χ1n) is 8.25. The van der Waals surface area contributed by atoms with Crippen LogP contribution >= 0.6 is 23.4 Å². The molecule has 0 radical (unpaired) electrons. The van der Waals surface area contributed by atoms with Gasteiger partial charge in [0.25, 0.3) is 0 Å². The van der Waals surface area contributed by atoms with Gasteiger partial charge in [-0.3, -0.25) is 4.79 Å². The lowest BCUT2D eigenvalue weighted by atomic mass is 10.2. The van der Waals surface area contributed by atoms with Crippen LogP contribution in [-0.4, -0.2) is 39.5 Å². The fourth-order valence-electron chi connectivity index (χ4n) is 2.49. The number of ether oxygens (including phenoxy) is 1. The predicted octanol–water partition coefficient (Wildman–Crippen LogP) is 3.65. The van der Waals surface area contributed by atoms with Gasteiger partial charge in [-0.2, -0.15) is 0 Å². The highest BCUT2D eigenvalue weighted by Gasteiger charge is 2.15. The number of rotatable bonds is 6. The monoisotopic (exact) mass is 416 g/mol. The van der Waals surface area contributed by atoms with E-state index in [0.29, 0.717) is 27.3 Å². The van der Waals surface area contributed by atoms with Crippen LogP contribution in [-0.2, 0) is 16.6 Å². The van der Waals surface area contributed by atoms with Crippen molar-refractivity contribution in [3.05, 3.63) is 59.1 Å². The number of thioether (sulfide) groups is 1. The smallest absolute Gasteiger partial charge is 0.337 e. The minimum atomic E-state index is -0.461. The second-order valence-corrected chi connectivity index (χ2v) is 7.10. The number of hydrogen-bond acceptors (Lipinski definition) is 6. The number of aromatic nitrogens is 3. The maximum atomic E-state index is 12.3. The first-order chi connectivity index (χ1) is 13.5. The average Bonchev–Trinajstić information content (AvgIpc) is 3.06. The molecule has 0 fully saturated rings. The van der Waals surface area contributed by atoms with Crippen molar-refractivity contribution in [1.29, 1.82) is 0 Å². The van der Waals surface area contributed by atoms with E-state index >= 15 is 0 Å². The summed E-state index contributed by atoms with van der Waals surface area (Å²) in [6.07, 6.45) is 0. The molecule has 0 spiro atoms. The molecule has 1 N–H and O–H groups in total. The van der Waals surface area contributed by atoms with Crippen LogP contribution in [0.5, 0.6) is 0 Å². The summed E-state index contributed by atoms with van der Waals surface area (Å²) < 4.78 is 6.47. The first-order valence-corrected chi connectivity index (χ1v) is 9.61. The van der Waals surface area contributed by atoms with Gasteiger partial charge in [0, 0.05) is 18.3 Å². The van der Waals surface area contributed by atoms with Crippen molar-refractivity contribution in [3.8, 4) is 11.4 Å². The number of hydrogen-bond donors (Lipinski definition) is 1. The molecule has 0 saturated heterocycles. The van der Waals surface area contributed by atoms with Crippen molar-refractivity contribution in [2.75, 3.05) is 18.2 Å². The molecule has 1 aromatic heterocycles. The first kappa shape index (κ1) is 19.9. The lowest BCUT2D eigenvalue weighted by Gasteiger charge is -2.07. The van der Waals surface area contributed by atoms with Gasteiger partial charge in [0.15, 0.2) is 11.0 Å². The van der Waals surface area contributed by atoms with Crippen molar-refractivity contribution < 1.29 is 14.3 Å². The lowest BCUT2D eigenvalue weighted by Crippen LogP contribution is -2.15.